The maximum atomic E-state index is 13.6. The number of hydrogen-bond donors (Lipinski definition) is 0. The van der Waals surface area contributed by atoms with Gasteiger partial charge in [0.2, 0.25) is 0 Å². The van der Waals surface area contributed by atoms with E-state index in [0.717, 1.165) is 36.4 Å². The Balaban J connectivity index is 1.26. The van der Waals surface area contributed by atoms with Crippen molar-refractivity contribution in [3.05, 3.63) is 83.2 Å². The van der Waals surface area contributed by atoms with E-state index in [0.29, 0.717) is 43.6 Å². The van der Waals surface area contributed by atoms with Crippen LogP contribution in [0.2, 0.25) is 0 Å². The van der Waals surface area contributed by atoms with Gasteiger partial charge < -0.3 is 9.64 Å². The summed E-state index contributed by atoms with van der Waals surface area (Å²) in [6.07, 6.45) is 3.79. The number of benzene rings is 2. The molecule has 1 aromatic heterocycles. The van der Waals surface area contributed by atoms with Crippen LogP contribution in [-0.2, 0) is 17.7 Å². The van der Waals surface area contributed by atoms with Crippen molar-refractivity contribution in [3.63, 3.8) is 0 Å². The summed E-state index contributed by atoms with van der Waals surface area (Å²) < 4.78 is 34.4. The maximum Gasteiger partial charge on any atom is 0.410 e. The lowest BCUT2D eigenvalue weighted by Gasteiger charge is -2.37. The Labute approximate surface area is 208 Å². The average Bonchev–Trinajstić information content (AvgIpc) is 3.43. The van der Waals surface area contributed by atoms with Crippen molar-refractivity contribution in [2.75, 3.05) is 19.6 Å². The number of carbonyl (C=O) groups excluding carboxylic acids is 2. The van der Waals surface area contributed by atoms with Crippen LogP contribution in [0.5, 0.6) is 0 Å². The molecule has 9 heteroatoms. The van der Waals surface area contributed by atoms with Crippen molar-refractivity contribution in [2.45, 2.75) is 44.8 Å². The molecule has 36 heavy (non-hydrogen) atoms. The third-order valence-corrected chi connectivity index (χ3v) is 6.95. The molecule has 1 spiro atoms. The number of aromatic nitrogens is 2. The van der Waals surface area contributed by atoms with Crippen molar-refractivity contribution in [1.82, 2.24) is 19.6 Å². The first-order chi connectivity index (χ1) is 17.4. The normalized spacial score (nSPS) is 17.0. The topological polar surface area (TPSA) is 67.7 Å². The van der Waals surface area contributed by atoms with E-state index >= 15 is 0 Å². The van der Waals surface area contributed by atoms with E-state index in [1.54, 1.807) is 11.1 Å². The first-order valence-electron chi connectivity index (χ1n) is 12.2. The van der Waals surface area contributed by atoms with Crippen LogP contribution < -0.4 is 0 Å². The monoisotopic (exact) mass is 494 g/mol. The minimum Gasteiger partial charge on any atom is -0.441 e. The van der Waals surface area contributed by atoms with Crippen molar-refractivity contribution >= 4 is 12.0 Å². The van der Waals surface area contributed by atoms with E-state index in [9.17, 15) is 18.4 Å². The molecular formula is C27H28F2N4O3. The number of rotatable bonds is 6. The Kier molecular flexibility index (Phi) is 6.47. The van der Waals surface area contributed by atoms with Crippen LogP contribution in [0.4, 0.5) is 13.6 Å². The fraction of sp³-hybridized carbons (Fsp3) is 0.370. The van der Waals surface area contributed by atoms with Crippen LogP contribution in [0.1, 0.15) is 47.8 Å². The summed E-state index contributed by atoms with van der Waals surface area (Å²) in [5.74, 6) is -1.94. The highest BCUT2D eigenvalue weighted by molar-refractivity contribution is 5.95. The van der Waals surface area contributed by atoms with Crippen LogP contribution >= 0.6 is 0 Å². The third kappa shape index (κ3) is 4.57. The van der Waals surface area contributed by atoms with Crippen LogP contribution in [0.25, 0.3) is 5.69 Å². The van der Waals surface area contributed by atoms with E-state index in [1.165, 1.54) is 11.0 Å². The number of piperidine rings is 1. The number of para-hydroxylation sites is 1. The molecule has 2 fully saturated rings. The van der Waals surface area contributed by atoms with E-state index in [-0.39, 0.29) is 12.5 Å². The van der Waals surface area contributed by atoms with Gasteiger partial charge in [0.25, 0.3) is 5.91 Å². The van der Waals surface area contributed by atoms with Gasteiger partial charge in [-0.1, -0.05) is 37.6 Å². The summed E-state index contributed by atoms with van der Waals surface area (Å²) >= 11 is 0. The molecule has 2 saturated heterocycles. The maximum absolute atomic E-state index is 13.6. The van der Waals surface area contributed by atoms with Gasteiger partial charge in [-0.25, -0.2) is 18.3 Å². The molecule has 0 unspecified atom stereocenters. The second-order valence-electron chi connectivity index (χ2n) is 9.45. The summed E-state index contributed by atoms with van der Waals surface area (Å²) in [4.78, 5) is 29.3. The largest absolute Gasteiger partial charge is 0.441 e. The molecule has 7 nitrogen and oxygen atoms in total. The average molecular weight is 495 g/mol. The van der Waals surface area contributed by atoms with E-state index in [4.69, 9.17) is 4.74 Å². The van der Waals surface area contributed by atoms with E-state index in [2.05, 4.69) is 12.0 Å². The van der Waals surface area contributed by atoms with Crippen molar-refractivity contribution in [3.8, 4) is 5.69 Å². The highest BCUT2D eigenvalue weighted by atomic mass is 19.2. The van der Waals surface area contributed by atoms with Gasteiger partial charge in [0.1, 0.15) is 5.60 Å². The molecule has 5 rings (SSSR count). The quantitative estimate of drug-likeness (QED) is 0.497. The Bertz CT molecular complexity index is 1270. The number of amides is 2. The van der Waals surface area contributed by atoms with Crippen molar-refractivity contribution in [1.29, 1.82) is 0 Å². The lowest BCUT2D eigenvalue weighted by Crippen LogP contribution is -2.48. The van der Waals surface area contributed by atoms with Crippen LogP contribution in [0.3, 0.4) is 0 Å². The molecule has 0 N–H and O–H groups in total. The Morgan fingerprint density at radius 1 is 1.08 bits per heavy atom. The molecule has 2 aromatic carbocycles. The summed E-state index contributed by atoms with van der Waals surface area (Å²) in [5, 5.41) is 4.51. The van der Waals surface area contributed by atoms with Crippen LogP contribution in [-0.4, -0.2) is 56.8 Å². The molecule has 0 bridgehead atoms. The molecule has 0 aliphatic carbocycles. The predicted molar refractivity (Wildman–Crippen MR) is 129 cm³/mol. The number of nitrogens with zero attached hydrogens (tertiary/aromatic N) is 4. The molecule has 3 aromatic rings. The van der Waals surface area contributed by atoms with Crippen molar-refractivity contribution in [2.24, 2.45) is 0 Å². The van der Waals surface area contributed by atoms with Gasteiger partial charge in [-0.05, 0) is 36.2 Å². The highest BCUT2D eigenvalue weighted by Crippen LogP contribution is 2.35. The Morgan fingerprint density at radius 3 is 2.53 bits per heavy atom. The van der Waals surface area contributed by atoms with Gasteiger partial charge in [0.05, 0.1) is 29.7 Å². The summed E-state index contributed by atoms with van der Waals surface area (Å²) in [5.41, 5.74) is 2.21. The summed E-state index contributed by atoms with van der Waals surface area (Å²) in [7, 11) is 0. The minimum atomic E-state index is -0.945. The number of ether oxygens (including phenoxy) is 1. The van der Waals surface area contributed by atoms with Crippen molar-refractivity contribution < 1.29 is 23.1 Å². The second kappa shape index (κ2) is 9.72. The van der Waals surface area contributed by atoms with Gasteiger partial charge in [0, 0.05) is 32.5 Å². The lowest BCUT2D eigenvalue weighted by molar-refractivity contribution is 0.00310. The zero-order valence-corrected chi connectivity index (χ0v) is 20.1. The highest BCUT2D eigenvalue weighted by Gasteiger charge is 2.47. The Morgan fingerprint density at radius 2 is 1.83 bits per heavy atom. The third-order valence-electron chi connectivity index (χ3n) is 6.95. The minimum absolute atomic E-state index is 0.0709. The lowest BCUT2D eigenvalue weighted by atomic mass is 9.91. The van der Waals surface area contributed by atoms with Gasteiger partial charge in [-0.2, -0.15) is 5.10 Å². The van der Waals surface area contributed by atoms with E-state index in [1.807, 2.05) is 35.0 Å². The fourth-order valence-corrected chi connectivity index (χ4v) is 5.04. The van der Waals surface area contributed by atoms with Crippen LogP contribution in [0.15, 0.2) is 54.7 Å². The van der Waals surface area contributed by atoms with Crippen LogP contribution in [0, 0.1) is 11.6 Å². The summed E-state index contributed by atoms with van der Waals surface area (Å²) in [6, 6.07) is 13.4. The second-order valence-corrected chi connectivity index (χ2v) is 9.45. The fourth-order valence-electron chi connectivity index (χ4n) is 5.04. The molecule has 3 heterocycles. The number of halogens is 2. The molecule has 0 saturated carbocycles. The first kappa shape index (κ1) is 24.0. The smallest absolute Gasteiger partial charge is 0.410 e. The molecule has 188 valence electrons. The molecular weight excluding hydrogens is 466 g/mol. The van der Waals surface area contributed by atoms with Gasteiger partial charge in [-0.15, -0.1) is 0 Å². The predicted octanol–water partition coefficient (Wildman–Crippen LogP) is 4.73. The standard InChI is InChI=1S/C27H28F2N4O3/c1-2-6-24-21(16-30-33(24)20-7-4-3-5-8-20)25(34)31-13-11-27(12-14-31)18-32(26(35)36-27)17-19-9-10-22(28)23(29)15-19/h3-5,7-10,15-16H,2,6,11-14,17-18H2,1H3. The van der Waals surface area contributed by atoms with Gasteiger partial charge in [0.15, 0.2) is 11.6 Å². The first-order valence-corrected chi connectivity index (χ1v) is 12.2. The molecule has 2 aliphatic heterocycles. The van der Waals surface area contributed by atoms with E-state index < -0.39 is 23.3 Å². The number of hydrogen-bond acceptors (Lipinski definition) is 4. The molecule has 2 aliphatic rings. The molecule has 2 amide bonds. The Hall–Kier alpha value is -3.75. The van der Waals surface area contributed by atoms with Gasteiger partial charge in [-0.3, -0.25) is 9.69 Å². The molecule has 0 atom stereocenters. The SMILES string of the molecule is CCCc1c(C(=O)N2CCC3(CC2)CN(Cc2ccc(F)c(F)c2)C(=O)O3)cnn1-c1ccccc1. The zero-order valence-electron chi connectivity index (χ0n) is 20.1. The summed E-state index contributed by atoms with van der Waals surface area (Å²) in [6.45, 7) is 3.46. The number of carbonyl (C=O) groups is 2. The van der Waals surface area contributed by atoms with Gasteiger partial charge >= 0.3 is 6.09 Å². The number of likely N-dealkylation sites (tertiary alicyclic amines) is 1. The molecule has 0 radical (unpaired) electrons. The zero-order chi connectivity index (χ0) is 25.3.